The Labute approximate surface area is 148 Å². The van der Waals surface area contributed by atoms with Gasteiger partial charge in [0.15, 0.2) is 0 Å². The maximum atomic E-state index is 11.8. The number of hydrogen-bond donors (Lipinski definition) is 3. The topological polar surface area (TPSA) is 79.2 Å². The summed E-state index contributed by atoms with van der Waals surface area (Å²) in [7, 11) is 0. The molecule has 0 aliphatic heterocycles. The predicted molar refractivity (Wildman–Crippen MR) is 97.6 cm³/mol. The molecular weight excluding hydrogens is 316 g/mol. The van der Waals surface area contributed by atoms with Crippen LogP contribution in [-0.4, -0.2) is 17.2 Å². The molecule has 1 fully saturated rings. The normalized spacial score (nSPS) is 16.3. The van der Waals surface area contributed by atoms with Crippen molar-refractivity contribution in [1.29, 1.82) is 0 Å². The second kappa shape index (κ2) is 7.27. The van der Waals surface area contributed by atoms with Crippen molar-refractivity contribution in [3.05, 3.63) is 46.8 Å². The number of aromatic nitrogens is 1. The van der Waals surface area contributed by atoms with Crippen LogP contribution in [0.15, 0.2) is 28.8 Å². The average molecular weight is 342 g/mol. The number of carbonyl (C=O) groups is 1. The van der Waals surface area contributed by atoms with Crippen molar-refractivity contribution >= 4 is 11.7 Å². The lowest BCUT2D eigenvalue weighted by molar-refractivity contribution is 0.251. The summed E-state index contributed by atoms with van der Waals surface area (Å²) in [6.45, 7) is 8.13. The van der Waals surface area contributed by atoms with E-state index in [2.05, 4.69) is 35.0 Å². The molecule has 6 heteroatoms. The fraction of sp³-hybridized carbons (Fsp3) is 0.474. The number of amides is 2. The van der Waals surface area contributed by atoms with E-state index >= 15 is 0 Å². The minimum absolute atomic E-state index is 0.131. The summed E-state index contributed by atoms with van der Waals surface area (Å²) < 4.78 is 5.25. The molecule has 25 heavy (non-hydrogen) atoms. The number of rotatable bonds is 6. The van der Waals surface area contributed by atoms with Crippen molar-refractivity contribution in [2.45, 2.75) is 58.7 Å². The van der Waals surface area contributed by atoms with Gasteiger partial charge in [-0.15, -0.1) is 0 Å². The van der Waals surface area contributed by atoms with Crippen LogP contribution in [0, 0.1) is 13.8 Å². The van der Waals surface area contributed by atoms with E-state index in [1.807, 2.05) is 38.1 Å². The van der Waals surface area contributed by atoms with Crippen LogP contribution in [-0.2, 0) is 0 Å². The summed E-state index contributed by atoms with van der Waals surface area (Å²) in [6.07, 6.45) is 2.16. The molecule has 1 aromatic heterocycles. The van der Waals surface area contributed by atoms with E-state index in [9.17, 15) is 4.79 Å². The summed E-state index contributed by atoms with van der Waals surface area (Å²) in [5.41, 5.74) is 3.99. The van der Waals surface area contributed by atoms with Gasteiger partial charge in [-0.3, -0.25) is 0 Å². The third-order valence-electron chi connectivity index (χ3n) is 4.60. The van der Waals surface area contributed by atoms with E-state index in [1.165, 1.54) is 0 Å². The highest BCUT2D eigenvalue weighted by atomic mass is 16.5. The van der Waals surface area contributed by atoms with Crippen LogP contribution in [0.2, 0.25) is 0 Å². The Kier molecular flexibility index (Phi) is 5.08. The summed E-state index contributed by atoms with van der Waals surface area (Å²) in [6, 6.07) is 8.46. The largest absolute Gasteiger partial charge is 0.361 e. The predicted octanol–water partition coefficient (Wildman–Crippen LogP) is 3.99. The van der Waals surface area contributed by atoms with Gasteiger partial charge in [0, 0.05) is 29.4 Å². The Hall–Kier alpha value is -2.34. The van der Waals surface area contributed by atoms with Crippen molar-refractivity contribution < 1.29 is 9.32 Å². The maximum Gasteiger partial charge on any atom is 0.319 e. The molecule has 0 saturated heterocycles. The lowest BCUT2D eigenvalue weighted by atomic mass is 10.0. The van der Waals surface area contributed by atoms with Crippen LogP contribution in [0.1, 0.15) is 61.4 Å². The van der Waals surface area contributed by atoms with Gasteiger partial charge in [0.1, 0.15) is 5.76 Å². The first-order valence-electron chi connectivity index (χ1n) is 8.80. The molecule has 2 amide bonds. The molecule has 3 N–H and O–H groups in total. The quantitative estimate of drug-likeness (QED) is 0.742. The van der Waals surface area contributed by atoms with Gasteiger partial charge >= 0.3 is 6.03 Å². The highest BCUT2D eigenvalue weighted by molar-refractivity contribution is 5.89. The number of nitrogens with one attached hydrogen (secondary N) is 3. The number of nitrogens with zero attached hydrogens (tertiary/aromatic N) is 1. The second-order valence-electron chi connectivity index (χ2n) is 6.84. The van der Waals surface area contributed by atoms with Gasteiger partial charge in [0.25, 0.3) is 0 Å². The summed E-state index contributed by atoms with van der Waals surface area (Å²) in [5.74, 6) is 0.853. The number of urea groups is 1. The molecule has 2 atom stereocenters. The zero-order valence-corrected chi connectivity index (χ0v) is 15.2. The Bertz CT molecular complexity index is 715. The molecule has 1 saturated carbocycles. The summed E-state index contributed by atoms with van der Waals surface area (Å²) >= 11 is 0. The number of hydrogen-bond acceptors (Lipinski definition) is 4. The number of anilines is 1. The third kappa shape index (κ3) is 4.39. The molecule has 134 valence electrons. The van der Waals surface area contributed by atoms with Crippen molar-refractivity contribution in [3.8, 4) is 0 Å². The zero-order chi connectivity index (χ0) is 18.0. The van der Waals surface area contributed by atoms with Gasteiger partial charge in [-0.05, 0) is 58.2 Å². The molecule has 0 bridgehead atoms. The highest BCUT2D eigenvalue weighted by Crippen LogP contribution is 2.25. The lowest BCUT2D eigenvalue weighted by Crippen LogP contribution is -2.30. The van der Waals surface area contributed by atoms with Crippen LogP contribution in [0.5, 0.6) is 0 Å². The minimum Gasteiger partial charge on any atom is -0.361 e. The molecule has 6 nitrogen and oxygen atoms in total. The molecule has 2 aromatic rings. The Morgan fingerprint density at radius 3 is 2.40 bits per heavy atom. The first kappa shape index (κ1) is 17.5. The van der Waals surface area contributed by atoms with Crippen molar-refractivity contribution in [2.75, 3.05) is 5.32 Å². The summed E-state index contributed by atoms with van der Waals surface area (Å²) in [5, 5.41) is 13.4. The fourth-order valence-electron chi connectivity index (χ4n) is 3.10. The Balaban J connectivity index is 1.58. The monoisotopic (exact) mass is 342 g/mol. The number of aryl methyl sites for hydroxylation is 2. The Morgan fingerprint density at radius 2 is 1.84 bits per heavy atom. The highest BCUT2D eigenvalue weighted by Gasteiger charge is 2.23. The van der Waals surface area contributed by atoms with Gasteiger partial charge < -0.3 is 20.5 Å². The molecule has 1 aliphatic carbocycles. The molecule has 0 unspecified atom stereocenters. The zero-order valence-electron chi connectivity index (χ0n) is 15.2. The summed E-state index contributed by atoms with van der Waals surface area (Å²) in [4.78, 5) is 11.8. The molecule has 1 heterocycles. The first-order valence-corrected chi connectivity index (χ1v) is 8.80. The van der Waals surface area contributed by atoms with E-state index in [1.54, 1.807) is 0 Å². The standard InChI is InChI=1S/C19H26N4O2/c1-11(20-12(2)18-13(3)23-25-14(18)4)15-5-7-16(8-6-15)21-19(24)22-17-9-10-17/h5-8,11-12,17,20H,9-10H2,1-4H3,(H2,21,22,24)/t11-,12-/m1/s1. The third-order valence-corrected chi connectivity index (χ3v) is 4.60. The van der Waals surface area contributed by atoms with E-state index in [0.29, 0.717) is 6.04 Å². The second-order valence-corrected chi connectivity index (χ2v) is 6.84. The van der Waals surface area contributed by atoms with Crippen molar-refractivity contribution in [2.24, 2.45) is 0 Å². The lowest BCUT2D eigenvalue weighted by Gasteiger charge is -2.20. The average Bonchev–Trinajstić information content (AvgIpc) is 3.30. The van der Waals surface area contributed by atoms with Gasteiger partial charge in [-0.1, -0.05) is 17.3 Å². The van der Waals surface area contributed by atoms with Crippen LogP contribution >= 0.6 is 0 Å². The van der Waals surface area contributed by atoms with Crippen LogP contribution in [0.3, 0.4) is 0 Å². The Morgan fingerprint density at radius 1 is 1.16 bits per heavy atom. The number of benzene rings is 1. The maximum absolute atomic E-state index is 11.8. The molecule has 0 spiro atoms. The van der Waals surface area contributed by atoms with Gasteiger partial charge in [-0.2, -0.15) is 0 Å². The molecule has 3 rings (SSSR count). The number of carbonyl (C=O) groups excluding carboxylic acids is 1. The van der Waals surface area contributed by atoms with Gasteiger partial charge in [0.05, 0.1) is 5.69 Å². The molecular formula is C19H26N4O2. The minimum atomic E-state index is -0.131. The molecule has 0 radical (unpaired) electrons. The first-order chi connectivity index (χ1) is 11.9. The van der Waals surface area contributed by atoms with Crippen LogP contribution < -0.4 is 16.0 Å². The van der Waals surface area contributed by atoms with Gasteiger partial charge in [-0.25, -0.2) is 4.79 Å². The van der Waals surface area contributed by atoms with Gasteiger partial charge in [0.2, 0.25) is 0 Å². The van der Waals surface area contributed by atoms with E-state index < -0.39 is 0 Å². The fourth-order valence-corrected chi connectivity index (χ4v) is 3.10. The van der Waals surface area contributed by atoms with E-state index in [0.717, 1.165) is 41.1 Å². The van der Waals surface area contributed by atoms with Crippen LogP contribution in [0.25, 0.3) is 0 Å². The van der Waals surface area contributed by atoms with E-state index in [4.69, 9.17) is 4.52 Å². The smallest absolute Gasteiger partial charge is 0.319 e. The van der Waals surface area contributed by atoms with Crippen molar-refractivity contribution in [1.82, 2.24) is 15.8 Å². The SMILES string of the molecule is Cc1noc(C)c1[C@@H](C)N[C@H](C)c1ccc(NC(=O)NC2CC2)cc1. The van der Waals surface area contributed by atoms with Crippen molar-refractivity contribution in [3.63, 3.8) is 0 Å². The van der Waals surface area contributed by atoms with E-state index in [-0.39, 0.29) is 18.1 Å². The molecule has 1 aliphatic rings. The molecule has 1 aromatic carbocycles. The van der Waals surface area contributed by atoms with Crippen LogP contribution in [0.4, 0.5) is 10.5 Å².